The second-order valence-corrected chi connectivity index (χ2v) is 7.70. The molecule has 0 amide bonds. The molecule has 1 fully saturated rings. The monoisotopic (exact) mass is 299 g/mol. The van der Waals surface area contributed by atoms with Gasteiger partial charge in [-0.15, -0.1) is 0 Å². The second kappa shape index (κ2) is 5.73. The number of hydrogen-bond donors (Lipinski definition) is 1. The Morgan fingerprint density at radius 1 is 1.41 bits per heavy atom. The van der Waals surface area contributed by atoms with Crippen molar-refractivity contribution in [1.29, 1.82) is 0 Å². The summed E-state index contributed by atoms with van der Waals surface area (Å²) >= 11 is 0. The van der Waals surface area contributed by atoms with Crippen LogP contribution in [-0.2, 0) is 11.8 Å². The highest BCUT2D eigenvalue weighted by molar-refractivity contribution is 5.43. The highest BCUT2D eigenvalue weighted by Gasteiger charge is 2.46. The molecule has 1 N–H and O–H groups in total. The number of fused-ring (bicyclic) bond motifs is 4. The van der Waals surface area contributed by atoms with Crippen molar-refractivity contribution < 1.29 is 5.11 Å². The molecule has 1 aliphatic heterocycles. The zero-order valence-corrected chi connectivity index (χ0v) is 14.4. The molecule has 1 unspecified atom stereocenters. The van der Waals surface area contributed by atoms with Gasteiger partial charge < -0.3 is 5.11 Å². The summed E-state index contributed by atoms with van der Waals surface area (Å²) in [5.41, 5.74) is 4.42. The van der Waals surface area contributed by atoms with Gasteiger partial charge in [0.1, 0.15) is 5.75 Å². The summed E-state index contributed by atoms with van der Waals surface area (Å²) in [6, 6.07) is 6.63. The van der Waals surface area contributed by atoms with E-state index in [9.17, 15) is 5.11 Å². The molecule has 120 valence electrons. The normalized spacial score (nSPS) is 31.3. The number of aromatic hydroxyl groups is 1. The quantitative estimate of drug-likeness (QED) is 0.824. The molecule has 1 saturated heterocycles. The molecule has 3 rings (SSSR count). The fourth-order valence-electron chi connectivity index (χ4n) is 4.50. The Morgan fingerprint density at radius 2 is 2.18 bits per heavy atom. The Bertz CT molecular complexity index is 587. The first-order valence-corrected chi connectivity index (χ1v) is 8.61. The minimum atomic E-state index is 0.191. The molecule has 2 heteroatoms. The number of nitrogens with zero attached hydrogens (tertiary/aromatic N) is 1. The van der Waals surface area contributed by atoms with Crippen molar-refractivity contribution in [2.75, 3.05) is 13.1 Å². The molecule has 0 radical (unpaired) electrons. The predicted molar refractivity (Wildman–Crippen MR) is 92.4 cm³/mol. The largest absolute Gasteiger partial charge is 0.508 e. The average molecular weight is 299 g/mol. The first kappa shape index (κ1) is 15.6. The van der Waals surface area contributed by atoms with Crippen molar-refractivity contribution in [2.24, 2.45) is 5.92 Å². The van der Waals surface area contributed by atoms with Gasteiger partial charge in [-0.2, -0.15) is 0 Å². The maximum Gasteiger partial charge on any atom is 0.115 e. The number of hydrogen-bond acceptors (Lipinski definition) is 2. The molecule has 1 aromatic carbocycles. The maximum atomic E-state index is 9.94. The molecule has 1 aromatic rings. The topological polar surface area (TPSA) is 23.5 Å². The van der Waals surface area contributed by atoms with Crippen LogP contribution in [0.5, 0.6) is 5.75 Å². The van der Waals surface area contributed by atoms with Crippen molar-refractivity contribution >= 4 is 0 Å². The van der Waals surface area contributed by atoms with Gasteiger partial charge in [-0.3, -0.25) is 4.90 Å². The van der Waals surface area contributed by atoms with E-state index in [1.54, 1.807) is 0 Å². The third-order valence-corrected chi connectivity index (χ3v) is 6.06. The third-order valence-electron chi connectivity index (χ3n) is 6.06. The molecule has 2 bridgehead atoms. The standard InChI is InChI=1S/C20H29NO/c1-14(2)8-11-21-10-5-9-20(4)15(3)19(21)12-16-6-7-17(22)13-18(16)20/h6-8,13,15,19,22H,5,9-12H2,1-4H3/t15?,19-,20-/m1/s1. The van der Waals surface area contributed by atoms with Crippen LogP contribution in [0, 0.1) is 5.92 Å². The molecule has 0 spiro atoms. The van der Waals surface area contributed by atoms with Crippen molar-refractivity contribution in [3.63, 3.8) is 0 Å². The van der Waals surface area contributed by atoms with Crippen LogP contribution in [0.15, 0.2) is 29.8 Å². The van der Waals surface area contributed by atoms with E-state index in [-0.39, 0.29) is 5.41 Å². The van der Waals surface area contributed by atoms with E-state index in [4.69, 9.17) is 0 Å². The van der Waals surface area contributed by atoms with Crippen LogP contribution in [0.1, 0.15) is 51.7 Å². The van der Waals surface area contributed by atoms with Gasteiger partial charge >= 0.3 is 0 Å². The number of allylic oxidation sites excluding steroid dienone is 1. The zero-order valence-electron chi connectivity index (χ0n) is 14.4. The lowest BCUT2D eigenvalue weighted by atomic mass is 9.61. The van der Waals surface area contributed by atoms with E-state index < -0.39 is 0 Å². The Morgan fingerprint density at radius 3 is 2.91 bits per heavy atom. The number of rotatable bonds is 2. The average Bonchev–Trinajstić information content (AvgIpc) is 2.54. The highest BCUT2D eigenvalue weighted by atomic mass is 16.3. The summed E-state index contributed by atoms with van der Waals surface area (Å²) in [6.45, 7) is 11.5. The molecule has 0 saturated carbocycles. The fraction of sp³-hybridized carbons (Fsp3) is 0.600. The zero-order chi connectivity index (χ0) is 15.9. The van der Waals surface area contributed by atoms with E-state index >= 15 is 0 Å². The van der Waals surface area contributed by atoms with Gasteiger partial charge in [-0.25, -0.2) is 0 Å². The molecule has 2 aliphatic rings. The van der Waals surface area contributed by atoms with Crippen molar-refractivity contribution in [3.8, 4) is 5.75 Å². The van der Waals surface area contributed by atoms with Crippen molar-refractivity contribution in [2.45, 2.75) is 58.4 Å². The molecule has 0 aromatic heterocycles. The Balaban J connectivity index is 2.00. The van der Waals surface area contributed by atoms with Gasteiger partial charge in [0.25, 0.3) is 0 Å². The van der Waals surface area contributed by atoms with Crippen LogP contribution < -0.4 is 0 Å². The van der Waals surface area contributed by atoms with E-state index in [1.165, 1.54) is 36.1 Å². The fourth-order valence-corrected chi connectivity index (χ4v) is 4.50. The van der Waals surface area contributed by atoms with Crippen molar-refractivity contribution in [1.82, 2.24) is 4.90 Å². The number of phenolic OH excluding ortho intramolecular Hbond substituents is 1. The van der Waals surface area contributed by atoms with E-state index in [0.29, 0.717) is 17.7 Å². The first-order chi connectivity index (χ1) is 10.4. The highest BCUT2D eigenvalue weighted by Crippen LogP contribution is 2.48. The van der Waals surface area contributed by atoms with Crippen LogP contribution >= 0.6 is 0 Å². The number of likely N-dealkylation sites (tertiary alicyclic amines) is 1. The van der Waals surface area contributed by atoms with Crippen LogP contribution in [0.2, 0.25) is 0 Å². The minimum absolute atomic E-state index is 0.191. The van der Waals surface area contributed by atoms with Gasteiger partial charge in [0.2, 0.25) is 0 Å². The van der Waals surface area contributed by atoms with Gasteiger partial charge in [0.05, 0.1) is 0 Å². The van der Waals surface area contributed by atoms with E-state index in [2.05, 4.69) is 44.7 Å². The summed E-state index contributed by atoms with van der Waals surface area (Å²) in [7, 11) is 0. The van der Waals surface area contributed by atoms with Crippen LogP contribution in [0.4, 0.5) is 0 Å². The summed E-state index contributed by atoms with van der Waals surface area (Å²) in [5.74, 6) is 1.03. The Kier molecular flexibility index (Phi) is 4.07. The first-order valence-electron chi connectivity index (χ1n) is 8.61. The van der Waals surface area contributed by atoms with E-state index in [0.717, 1.165) is 13.0 Å². The SMILES string of the molecule is CC(C)=CCN1CCC[C@@]2(C)c3cc(O)ccc3C[C@@H]1C2C. The molecular weight excluding hydrogens is 270 g/mol. The van der Waals surface area contributed by atoms with Crippen LogP contribution in [-0.4, -0.2) is 29.1 Å². The minimum Gasteiger partial charge on any atom is -0.508 e. The van der Waals surface area contributed by atoms with Gasteiger partial charge in [0, 0.05) is 12.6 Å². The summed E-state index contributed by atoms with van der Waals surface area (Å²) in [5, 5.41) is 9.94. The molecule has 1 aliphatic carbocycles. The number of phenols is 1. The molecule has 1 heterocycles. The van der Waals surface area contributed by atoms with E-state index in [1.807, 2.05) is 12.1 Å². The Hall–Kier alpha value is -1.28. The lowest BCUT2D eigenvalue weighted by Crippen LogP contribution is -2.49. The van der Waals surface area contributed by atoms with Gasteiger partial charge in [-0.05, 0) is 74.2 Å². The second-order valence-electron chi connectivity index (χ2n) is 7.70. The summed E-state index contributed by atoms with van der Waals surface area (Å²) < 4.78 is 0. The Labute approximate surface area is 134 Å². The van der Waals surface area contributed by atoms with Crippen LogP contribution in [0.3, 0.4) is 0 Å². The molecular formula is C20H29NO. The van der Waals surface area contributed by atoms with Crippen LogP contribution in [0.25, 0.3) is 0 Å². The van der Waals surface area contributed by atoms with Gasteiger partial charge in [0.15, 0.2) is 0 Å². The molecule has 22 heavy (non-hydrogen) atoms. The predicted octanol–water partition coefficient (Wildman–Crippen LogP) is 4.27. The third kappa shape index (κ3) is 2.58. The molecule has 2 nitrogen and oxygen atoms in total. The summed E-state index contributed by atoms with van der Waals surface area (Å²) in [6.07, 6.45) is 5.93. The smallest absolute Gasteiger partial charge is 0.115 e. The lowest BCUT2D eigenvalue weighted by Gasteiger charge is -2.47. The number of benzene rings is 1. The lowest BCUT2D eigenvalue weighted by molar-refractivity contribution is 0.130. The maximum absolute atomic E-state index is 9.94. The van der Waals surface area contributed by atoms with Crippen molar-refractivity contribution in [3.05, 3.63) is 41.0 Å². The van der Waals surface area contributed by atoms with Gasteiger partial charge in [-0.1, -0.05) is 31.6 Å². The summed E-state index contributed by atoms with van der Waals surface area (Å²) in [4.78, 5) is 2.68. The molecule has 3 atom stereocenters.